The highest BCUT2D eigenvalue weighted by atomic mass is 19.3. The first-order chi connectivity index (χ1) is 25.6. The van der Waals surface area contributed by atoms with E-state index in [0.29, 0.717) is 61.3 Å². The van der Waals surface area contributed by atoms with E-state index in [2.05, 4.69) is 31.6 Å². The summed E-state index contributed by atoms with van der Waals surface area (Å²) in [5.41, 5.74) is 13.8. The lowest BCUT2D eigenvalue weighted by atomic mass is 9.92. The third-order valence-electron chi connectivity index (χ3n) is 10.4. The number of rotatable bonds is 8. The minimum Gasteiger partial charge on any atom is -0.397 e. The number of hydrogen-bond acceptors (Lipinski definition) is 9. The van der Waals surface area contributed by atoms with E-state index < -0.39 is 17.9 Å². The first-order valence-electron chi connectivity index (χ1n) is 18.4. The number of hydrogen-bond donors (Lipinski definition) is 5. The largest absolute Gasteiger partial charge is 0.397 e. The number of carbonyl (C=O) groups is 2. The van der Waals surface area contributed by atoms with E-state index in [1.165, 1.54) is 0 Å². The van der Waals surface area contributed by atoms with Gasteiger partial charge in [0.05, 0.1) is 34.1 Å². The highest BCUT2D eigenvalue weighted by Crippen LogP contribution is 2.39. The molecule has 7 rings (SSSR count). The van der Waals surface area contributed by atoms with Gasteiger partial charge < -0.3 is 36.0 Å². The van der Waals surface area contributed by atoms with E-state index in [0.717, 1.165) is 45.1 Å². The summed E-state index contributed by atoms with van der Waals surface area (Å²) in [5, 5.41) is 20.1. The van der Waals surface area contributed by atoms with Crippen molar-refractivity contribution in [1.82, 2.24) is 15.6 Å². The zero-order chi connectivity index (χ0) is 38.8. The molecular weight excluding hydrogens is 706 g/mol. The maximum Gasteiger partial charge on any atom is 0.248 e. The van der Waals surface area contributed by atoms with Crippen LogP contribution in [0.15, 0.2) is 45.4 Å². The number of carbonyl (C=O) groups excluding carboxylic acids is 2. The molecule has 3 aliphatic rings. The molecule has 2 aliphatic carbocycles. The van der Waals surface area contributed by atoms with E-state index in [1.54, 1.807) is 0 Å². The van der Waals surface area contributed by atoms with E-state index in [1.807, 2.05) is 64.1 Å². The van der Waals surface area contributed by atoms with Crippen molar-refractivity contribution in [3.63, 3.8) is 0 Å². The predicted octanol–water partition coefficient (Wildman–Crippen LogP) is 8.70. The van der Waals surface area contributed by atoms with Crippen molar-refractivity contribution in [1.29, 1.82) is 0 Å². The lowest BCUT2D eigenvalue weighted by Crippen LogP contribution is -2.37. The van der Waals surface area contributed by atoms with Crippen molar-refractivity contribution < 1.29 is 36.2 Å². The van der Waals surface area contributed by atoms with Gasteiger partial charge in [0, 0.05) is 55.3 Å². The van der Waals surface area contributed by atoms with Crippen LogP contribution >= 0.6 is 0 Å². The molecule has 0 radical (unpaired) electrons. The van der Waals surface area contributed by atoms with Gasteiger partial charge in [-0.3, -0.25) is 9.59 Å². The van der Waals surface area contributed by atoms with Gasteiger partial charge in [0.15, 0.2) is 0 Å². The first-order valence-corrected chi connectivity index (χ1v) is 18.4. The summed E-state index contributed by atoms with van der Waals surface area (Å²) in [4.78, 5) is 24.2. The van der Waals surface area contributed by atoms with Crippen LogP contribution in [-0.2, 0) is 9.59 Å². The number of benzene rings is 2. The molecule has 2 amide bonds. The molecule has 1 saturated heterocycles. The van der Waals surface area contributed by atoms with Crippen LogP contribution in [0, 0.1) is 27.7 Å². The molecule has 6 N–H and O–H groups in total. The Hall–Kier alpha value is -5.08. The number of alkyl halides is 4. The van der Waals surface area contributed by atoms with Gasteiger partial charge >= 0.3 is 0 Å². The SMILES string of the molecule is Cc1noc(C)c1-c1ccc(NC2CCC(F)(F)CC2)c(N)c1.Cc1noc(C)c1-c1ccc(NC2CCC(F)(F)CC2)c(NC(=O)[C@@H]2CCC(=O)N2)c1. The Morgan fingerprint density at radius 2 is 1.22 bits per heavy atom. The number of nitrogen functional groups attached to an aromatic ring is 1. The smallest absolute Gasteiger partial charge is 0.248 e. The number of nitrogens with two attached hydrogens (primary N) is 1. The van der Waals surface area contributed by atoms with Gasteiger partial charge in [-0.05, 0) is 95.2 Å². The van der Waals surface area contributed by atoms with Crippen LogP contribution in [0.3, 0.4) is 0 Å². The lowest BCUT2D eigenvalue weighted by Gasteiger charge is -2.30. The quantitative estimate of drug-likeness (QED) is 0.0876. The van der Waals surface area contributed by atoms with Gasteiger partial charge in [-0.1, -0.05) is 22.4 Å². The number of nitrogens with zero attached hydrogens (tertiary/aromatic N) is 2. The molecule has 11 nitrogen and oxygen atoms in total. The molecule has 0 bridgehead atoms. The zero-order valence-corrected chi connectivity index (χ0v) is 30.9. The van der Waals surface area contributed by atoms with Crippen LogP contribution in [0.2, 0.25) is 0 Å². The molecule has 4 aromatic rings. The van der Waals surface area contributed by atoms with Crippen molar-refractivity contribution in [2.45, 2.75) is 122 Å². The summed E-state index contributed by atoms with van der Waals surface area (Å²) in [6.07, 6.45) is 1.93. The maximum absolute atomic E-state index is 13.5. The third-order valence-corrected chi connectivity index (χ3v) is 10.4. The second kappa shape index (κ2) is 15.7. The van der Waals surface area contributed by atoms with Gasteiger partial charge in [-0.25, -0.2) is 17.6 Å². The van der Waals surface area contributed by atoms with E-state index >= 15 is 0 Å². The molecule has 2 saturated carbocycles. The number of halogens is 4. The Morgan fingerprint density at radius 3 is 1.67 bits per heavy atom. The van der Waals surface area contributed by atoms with Gasteiger partial charge in [-0.15, -0.1) is 0 Å². The zero-order valence-electron chi connectivity index (χ0n) is 30.9. The van der Waals surface area contributed by atoms with Crippen LogP contribution in [0.25, 0.3) is 22.3 Å². The average Bonchev–Trinajstić information content (AvgIpc) is 3.81. The van der Waals surface area contributed by atoms with Crippen molar-refractivity contribution in [3.05, 3.63) is 59.3 Å². The molecule has 290 valence electrons. The summed E-state index contributed by atoms with van der Waals surface area (Å²) in [5.74, 6) is -4.17. The predicted molar refractivity (Wildman–Crippen MR) is 199 cm³/mol. The molecular formula is C39H47F4N7O4. The maximum atomic E-state index is 13.5. The minimum absolute atomic E-state index is 0.0434. The Balaban J connectivity index is 0.000000193. The Morgan fingerprint density at radius 1 is 0.741 bits per heavy atom. The van der Waals surface area contributed by atoms with Crippen LogP contribution in [0.5, 0.6) is 0 Å². The number of nitrogens with one attached hydrogen (secondary N) is 4. The number of aryl methyl sites for hydroxylation is 4. The summed E-state index contributed by atoms with van der Waals surface area (Å²) < 4.78 is 63.9. The summed E-state index contributed by atoms with van der Waals surface area (Å²) >= 11 is 0. The first kappa shape index (κ1) is 38.6. The normalized spacial score (nSPS) is 19.8. The topological polar surface area (TPSA) is 160 Å². The highest BCUT2D eigenvalue weighted by Gasteiger charge is 2.36. The fraction of sp³-hybridized carbons (Fsp3) is 0.487. The van der Waals surface area contributed by atoms with Crippen LogP contribution < -0.4 is 27.0 Å². The fourth-order valence-corrected chi connectivity index (χ4v) is 7.41. The van der Waals surface area contributed by atoms with Gasteiger partial charge in [0.2, 0.25) is 23.7 Å². The molecule has 0 unspecified atom stereocenters. The molecule has 2 aromatic carbocycles. The number of aromatic nitrogens is 2. The average molecular weight is 754 g/mol. The van der Waals surface area contributed by atoms with Crippen LogP contribution in [-0.4, -0.2) is 52.1 Å². The lowest BCUT2D eigenvalue weighted by molar-refractivity contribution is -0.122. The number of anilines is 4. The second-order valence-electron chi connectivity index (χ2n) is 14.7. The van der Waals surface area contributed by atoms with Gasteiger partial charge in [0.1, 0.15) is 17.6 Å². The van der Waals surface area contributed by atoms with Crippen molar-refractivity contribution >= 4 is 34.6 Å². The van der Waals surface area contributed by atoms with Gasteiger partial charge in [0.25, 0.3) is 0 Å². The summed E-state index contributed by atoms with van der Waals surface area (Å²) in [7, 11) is 0. The molecule has 1 aliphatic heterocycles. The molecule has 0 spiro atoms. The van der Waals surface area contributed by atoms with Crippen LogP contribution in [0.1, 0.15) is 87.1 Å². The standard InChI is InChI=1S/C22H26F2N4O3.C17H21F2N3O/c1-12-20(13(2)31-28-12)14-3-4-16(25-15-7-9-22(23,24)10-8-15)18(11-14)27-21(30)17-5-6-19(29)26-17;1-10-16(11(2)23-22-10)12-3-4-15(14(20)9-12)21-13-5-7-17(18,19)8-6-13/h3-4,11,15,17,25H,5-10H2,1-2H3,(H,26,29)(H,27,30);3-4,9,13,21H,5-8,20H2,1-2H3/t17-;/m0./s1. The Bertz CT molecular complexity index is 1940. The monoisotopic (exact) mass is 753 g/mol. The second-order valence-corrected chi connectivity index (χ2v) is 14.7. The Kier molecular flexibility index (Phi) is 11.2. The fourth-order valence-electron chi connectivity index (χ4n) is 7.41. The summed E-state index contributed by atoms with van der Waals surface area (Å²) in [6.45, 7) is 7.40. The van der Waals surface area contributed by atoms with E-state index in [-0.39, 0.29) is 49.6 Å². The molecule has 2 aromatic heterocycles. The molecule has 3 heterocycles. The minimum atomic E-state index is -2.61. The Labute approximate surface area is 311 Å². The summed E-state index contributed by atoms with van der Waals surface area (Å²) in [6, 6.07) is 10.6. The van der Waals surface area contributed by atoms with Crippen molar-refractivity contribution in [2.75, 3.05) is 21.7 Å². The van der Waals surface area contributed by atoms with Crippen molar-refractivity contribution in [3.8, 4) is 22.3 Å². The van der Waals surface area contributed by atoms with Crippen molar-refractivity contribution in [2.24, 2.45) is 0 Å². The third kappa shape index (κ3) is 9.16. The highest BCUT2D eigenvalue weighted by molar-refractivity contribution is 6.01. The van der Waals surface area contributed by atoms with E-state index in [9.17, 15) is 27.2 Å². The molecule has 1 atom stereocenters. The van der Waals surface area contributed by atoms with Crippen LogP contribution in [0.4, 0.5) is 40.3 Å². The van der Waals surface area contributed by atoms with Gasteiger partial charge in [-0.2, -0.15) is 0 Å². The number of amides is 2. The molecule has 15 heteroatoms. The van der Waals surface area contributed by atoms with E-state index in [4.69, 9.17) is 14.8 Å². The molecule has 54 heavy (non-hydrogen) atoms. The molecule has 3 fully saturated rings.